The molecule has 1 unspecified atom stereocenters. The second kappa shape index (κ2) is 5.82. The Morgan fingerprint density at radius 2 is 2.00 bits per heavy atom. The highest BCUT2D eigenvalue weighted by atomic mass is 35.5. The molecule has 0 bridgehead atoms. The van der Waals surface area contributed by atoms with Crippen molar-refractivity contribution in [3.05, 3.63) is 58.6 Å². The van der Waals surface area contributed by atoms with Crippen LogP contribution in [0.3, 0.4) is 0 Å². The molecule has 2 heterocycles. The SMILES string of the molecule is Clc1cc(CN2CCC(c3ccccc3)C2)cc2c1OCO2. The Morgan fingerprint density at radius 3 is 2.86 bits per heavy atom. The van der Waals surface area contributed by atoms with Gasteiger partial charge in [0.15, 0.2) is 11.5 Å². The Morgan fingerprint density at radius 1 is 1.14 bits per heavy atom. The standard InChI is InChI=1S/C18H18ClNO2/c19-16-8-13(9-17-18(16)22-12-21-17)10-20-7-6-15(11-20)14-4-2-1-3-5-14/h1-5,8-9,15H,6-7,10-12H2. The van der Waals surface area contributed by atoms with Gasteiger partial charge in [0.2, 0.25) is 6.79 Å². The average Bonchev–Trinajstić information content (AvgIpc) is 3.17. The van der Waals surface area contributed by atoms with E-state index in [9.17, 15) is 0 Å². The van der Waals surface area contributed by atoms with E-state index in [0.717, 1.165) is 25.4 Å². The van der Waals surface area contributed by atoms with Crippen molar-refractivity contribution in [2.75, 3.05) is 19.9 Å². The van der Waals surface area contributed by atoms with Crippen molar-refractivity contribution in [3.63, 3.8) is 0 Å². The van der Waals surface area contributed by atoms with Crippen LogP contribution in [0.25, 0.3) is 0 Å². The van der Waals surface area contributed by atoms with Gasteiger partial charge in [-0.2, -0.15) is 0 Å². The van der Waals surface area contributed by atoms with E-state index in [-0.39, 0.29) is 6.79 Å². The summed E-state index contributed by atoms with van der Waals surface area (Å²) in [5.41, 5.74) is 2.62. The molecule has 1 fully saturated rings. The molecule has 2 aliphatic heterocycles. The van der Waals surface area contributed by atoms with E-state index >= 15 is 0 Å². The summed E-state index contributed by atoms with van der Waals surface area (Å²) in [6.07, 6.45) is 1.21. The van der Waals surface area contributed by atoms with Gasteiger partial charge < -0.3 is 9.47 Å². The Balaban J connectivity index is 1.46. The minimum absolute atomic E-state index is 0.262. The van der Waals surface area contributed by atoms with Gasteiger partial charge in [0.1, 0.15) is 0 Å². The predicted octanol–water partition coefficient (Wildman–Crippen LogP) is 4.06. The zero-order chi connectivity index (χ0) is 14.9. The van der Waals surface area contributed by atoms with Crippen molar-refractivity contribution in [3.8, 4) is 11.5 Å². The number of ether oxygens (including phenoxy) is 2. The van der Waals surface area contributed by atoms with Crippen molar-refractivity contribution < 1.29 is 9.47 Å². The van der Waals surface area contributed by atoms with Crippen LogP contribution >= 0.6 is 11.6 Å². The first kappa shape index (κ1) is 13.9. The van der Waals surface area contributed by atoms with Gasteiger partial charge in [0.05, 0.1) is 5.02 Å². The molecular formula is C18H18ClNO2. The van der Waals surface area contributed by atoms with Crippen LogP contribution in [0.1, 0.15) is 23.5 Å². The lowest BCUT2D eigenvalue weighted by Crippen LogP contribution is -2.19. The third-order valence-corrected chi connectivity index (χ3v) is 4.72. The Hall–Kier alpha value is -1.71. The smallest absolute Gasteiger partial charge is 0.231 e. The molecule has 4 heteroatoms. The highest BCUT2D eigenvalue weighted by Gasteiger charge is 2.25. The maximum Gasteiger partial charge on any atom is 0.231 e. The van der Waals surface area contributed by atoms with Gasteiger partial charge in [-0.05, 0) is 42.1 Å². The Bertz CT molecular complexity index is 674. The molecule has 0 spiro atoms. The number of nitrogens with zero attached hydrogens (tertiary/aromatic N) is 1. The highest BCUT2D eigenvalue weighted by Crippen LogP contribution is 2.40. The summed E-state index contributed by atoms with van der Waals surface area (Å²) in [4.78, 5) is 2.48. The second-order valence-electron chi connectivity index (χ2n) is 5.94. The van der Waals surface area contributed by atoms with Crippen LogP contribution in [0.5, 0.6) is 11.5 Å². The number of benzene rings is 2. The molecule has 0 amide bonds. The summed E-state index contributed by atoms with van der Waals surface area (Å²) in [5.74, 6) is 2.07. The van der Waals surface area contributed by atoms with Gasteiger partial charge >= 0.3 is 0 Å². The number of hydrogen-bond donors (Lipinski definition) is 0. The van der Waals surface area contributed by atoms with E-state index in [4.69, 9.17) is 21.1 Å². The summed E-state index contributed by atoms with van der Waals surface area (Å²) in [5, 5.41) is 0.642. The number of rotatable bonds is 3. The van der Waals surface area contributed by atoms with E-state index in [1.807, 2.05) is 12.1 Å². The van der Waals surface area contributed by atoms with Crippen molar-refractivity contribution >= 4 is 11.6 Å². The highest BCUT2D eigenvalue weighted by molar-refractivity contribution is 6.32. The van der Waals surface area contributed by atoms with Crippen molar-refractivity contribution in [1.29, 1.82) is 0 Å². The maximum atomic E-state index is 6.26. The van der Waals surface area contributed by atoms with Crippen LogP contribution in [0, 0.1) is 0 Å². The molecule has 3 nitrogen and oxygen atoms in total. The molecule has 1 saturated heterocycles. The molecule has 22 heavy (non-hydrogen) atoms. The van der Waals surface area contributed by atoms with Crippen molar-refractivity contribution in [1.82, 2.24) is 4.90 Å². The van der Waals surface area contributed by atoms with Crippen LogP contribution in [0.15, 0.2) is 42.5 Å². The molecule has 2 aromatic carbocycles. The molecule has 2 aliphatic rings. The minimum atomic E-state index is 0.262. The lowest BCUT2D eigenvalue weighted by molar-refractivity contribution is 0.174. The van der Waals surface area contributed by atoms with Gasteiger partial charge in [-0.15, -0.1) is 0 Å². The fourth-order valence-electron chi connectivity index (χ4n) is 3.34. The first-order valence-corrected chi connectivity index (χ1v) is 8.03. The first-order valence-electron chi connectivity index (χ1n) is 7.65. The Kier molecular flexibility index (Phi) is 3.68. The molecular weight excluding hydrogens is 298 g/mol. The normalized spacial score (nSPS) is 20.5. The third-order valence-electron chi connectivity index (χ3n) is 4.44. The molecule has 0 N–H and O–H groups in total. The zero-order valence-electron chi connectivity index (χ0n) is 12.3. The lowest BCUT2D eigenvalue weighted by atomic mass is 9.99. The molecule has 0 saturated carbocycles. The van der Waals surface area contributed by atoms with Crippen molar-refractivity contribution in [2.45, 2.75) is 18.9 Å². The summed E-state index contributed by atoms with van der Waals surface area (Å²) >= 11 is 6.26. The number of fused-ring (bicyclic) bond motifs is 1. The second-order valence-corrected chi connectivity index (χ2v) is 6.35. The minimum Gasteiger partial charge on any atom is -0.454 e. The molecule has 0 aliphatic carbocycles. The topological polar surface area (TPSA) is 21.7 Å². The molecule has 114 valence electrons. The maximum absolute atomic E-state index is 6.26. The summed E-state index contributed by atoms with van der Waals surface area (Å²) < 4.78 is 10.8. The predicted molar refractivity (Wildman–Crippen MR) is 86.7 cm³/mol. The van der Waals surface area contributed by atoms with Crippen LogP contribution < -0.4 is 9.47 Å². The quantitative estimate of drug-likeness (QED) is 0.852. The van der Waals surface area contributed by atoms with E-state index in [1.54, 1.807) is 0 Å². The van der Waals surface area contributed by atoms with Crippen LogP contribution in [-0.4, -0.2) is 24.8 Å². The Labute approximate surface area is 135 Å². The fourth-order valence-corrected chi connectivity index (χ4v) is 3.63. The number of hydrogen-bond acceptors (Lipinski definition) is 3. The molecule has 0 aromatic heterocycles. The average molecular weight is 316 g/mol. The van der Waals surface area contributed by atoms with E-state index < -0.39 is 0 Å². The first-order chi connectivity index (χ1) is 10.8. The molecule has 4 rings (SSSR count). The van der Waals surface area contributed by atoms with Crippen LogP contribution in [-0.2, 0) is 6.54 Å². The van der Waals surface area contributed by atoms with Crippen LogP contribution in [0.4, 0.5) is 0 Å². The van der Waals surface area contributed by atoms with Crippen LogP contribution in [0.2, 0.25) is 5.02 Å². The molecule has 2 aromatic rings. The monoisotopic (exact) mass is 315 g/mol. The van der Waals surface area contributed by atoms with Gasteiger partial charge in [-0.25, -0.2) is 0 Å². The van der Waals surface area contributed by atoms with Gasteiger partial charge in [0, 0.05) is 13.1 Å². The summed E-state index contributed by atoms with van der Waals surface area (Å²) in [7, 11) is 0. The number of likely N-dealkylation sites (tertiary alicyclic amines) is 1. The van der Waals surface area contributed by atoms with Gasteiger partial charge in [0.25, 0.3) is 0 Å². The fraction of sp³-hybridized carbons (Fsp3) is 0.333. The summed E-state index contributed by atoms with van der Waals surface area (Å²) in [6.45, 7) is 3.37. The largest absolute Gasteiger partial charge is 0.454 e. The summed E-state index contributed by atoms with van der Waals surface area (Å²) in [6, 6.07) is 14.8. The van der Waals surface area contributed by atoms with Gasteiger partial charge in [-0.1, -0.05) is 41.9 Å². The van der Waals surface area contributed by atoms with E-state index in [2.05, 4.69) is 35.2 Å². The van der Waals surface area contributed by atoms with E-state index in [1.165, 1.54) is 17.5 Å². The van der Waals surface area contributed by atoms with E-state index in [0.29, 0.717) is 16.7 Å². The molecule has 0 radical (unpaired) electrons. The number of halogens is 1. The molecule has 1 atom stereocenters. The lowest BCUT2D eigenvalue weighted by Gasteiger charge is -2.17. The third kappa shape index (κ3) is 2.67. The van der Waals surface area contributed by atoms with Gasteiger partial charge in [-0.3, -0.25) is 4.90 Å². The zero-order valence-corrected chi connectivity index (χ0v) is 13.1. The van der Waals surface area contributed by atoms with Crippen molar-refractivity contribution in [2.24, 2.45) is 0 Å².